The standard InChI is InChI=1S/C10H13ClF3NO/c1-3-4-16-8-9(2,11)5-7(6-15-8)10(12,13)14/h5-6,8H,3-4H2,1-2H3. The molecule has 0 radical (unpaired) electrons. The van der Waals surface area contributed by atoms with Crippen molar-refractivity contribution in [2.24, 2.45) is 4.99 Å². The van der Waals surface area contributed by atoms with Crippen LogP contribution in [-0.2, 0) is 4.74 Å². The molecule has 92 valence electrons. The van der Waals surface area contributed by atoms with Crippen LogP contribution in [0, 0.1) is 0 Å². The molecule has 0 saturated carbocycles. The molecule has 1 aliphatic rings. The van der Waals surface area contributed by atoms with E-state index < -0.39 is 22.9 Å². The first kappa shape index (κ1) is 13.5. The molecule has 6 heteroatoms. The number of hydrogen-bond acceptors (Lipinski definition) is 2. The van der Waals surface area contributed by atoms with Gasteiger partial charge >= 0.3 is 6.18 Å². The van der Waals surface area contributed by atoms with Crippen molar-refractivity contribution in [2.45, 2.75) is 37.5 Å². The minimum atomic E-state index is -4.42. The minimum Gasteiger partial charge on any atom is -0.354 e. The van der Waals surface area contributed by atoms with Gasteiger partial charge in [-0.25, -0.2) is 0 Å². The van der Waals surface area contributed by atoms with Crippen LogP contribution in [0.1, 0.15) is 20.3 Å². The average Bonchev–Trinajstić information content (AvgIpc) is 2.13. The maximum absolute atomic E-state index is 12.4. The molecule has 1 aliphatic heterocycles. The van der Waals surface area contributed by atoms with Crippen LogP contribution in [0.25, 0.3) is 0 Å². The number of ether oxygens (including phenoxy) is 1. The van der Waals surface area contributed by atoms with E-state index in [1.165, 1.54) is 6.92 Å². The number of dihydropyridines is 1. The lowest BCUT2D eigenvalue weighted by Gasteiger charge is -2.30. The molecule has 2 nitrogen and oxygen atoms in total. The summed E-state index contributed by atoms with van der Waals surface area (Å²) in [6.07, 6.45) is -2.71. The summed E-state index contributed by atoms with van der Waals surface area (Å²) >= 11 is 5.96. The van der Waals surface area contributed by atoms with Gasteiger partial charge in [-0.1, -0.05) is 6.92 Å². The highest BCUT2D eigenvalue weighted by atomic mass is 35.5. The molecule has 0 aromatic heterocycles. The van der Waals surface area contributed by atoms with Crippen LogP contribution < -0.4 is 0 Å². The number of aliphatic imine (C=N–C) groups is 1. The topological polar surface area (TPSA) is 21.6 Å². The van der Waals surface area contributed by atoms with Crippen LogP contribution >= 0.6 is 11.6 Å². The molecule has 0 amide bonds. The zero-order valence-electron chi connectivity index (χ0n) is 9.01. The minimum absolute atomic E-state index is 0.416. The van der Waals surface area contributed by atoms with E-state index >= 15 is 0 Å². The molecule has 0 bridgehead atoms. The van der Waals surface area contributed by atoms with E-state index in [4.69, 9.17) is 16.3 Å². The molecule has 0 fully saturated rings. The number of allylic oxidation sites excluding steroid dienone is 1. The molecule has 0 aliphatic carbocycles. The van der Waals surface area contributed by atoms with E-state index in [2.05, 4.69) is 4.99 Å². The third kappa shape index (κ3) is 3.22. The number of halogens is 4. The van der Waals surface area contributed by atoms with Gasteiger partial charge in [-0.05, 0) is 19.4 Å². The molecule has 16 heavy (non-hydrogen) atoms. The predicted molar refractivity (Wildman–Crippen MR) is 56.9 cm³/mol. The summed E-state index contributed by atoms with van der Waals surface area (Å²) in [7, 11) is 0. The van der Waals surface area contributed by atoms with Crippen molar-refractivity contribution < 1.29 is 17.9 Å². The summed E-state index contributed by atoms with van der Waals surface area (Å²) in [5.41, 5.74) is -0.832. The van der Waals surface area contributed by atoms with Crippen molar-refractivity contribution in [1.82, 2.24) is 0 Å². The van der Waals surface area contributed by atoms with Crippen LogP contribution in [0.4, 0.5) is 13.2 Å². The second-order valence-corrected chi connectivity index (χ2v) is 4.56. The van der Waals surface area contributed by atoms with Crippen LogP contribution in [-0.4, -0.2) is 30.1 Å². The normalized spacial score (nSPS) is 30.4. The Morgan fingerprint density at radius 1 is 1.56 bits per heavy atom. The third-order valence-electron chi connectivity index (χ3n) is 2.08. The van der Waals surface area contributed by atoms with Gasteiger partial charge in [0.2, 0.25) is 0 Å². The fraction of sp³-hybridized carbons (Fsp3) is 0.700. The van der Waals surface area contributed by atoms with E-state index in [-0.39, 0.29) is 0 Å². The fourth-order valence-electron chi connectivity index (χ4n) is 1.30. The van der Waals surface area contributed by atoms with E-state index in [0.717, 1.165) is 18.7 Å². The molecule has 0 N–H and O–H groups in total. The Morgan fingerprint density at radius 3 is 2.62 bits per heavy atom. The van der Waals surface area contributed by atoms with Crippen molar-refractivity contribution in [2.75, 3.05) is 6.61 Å². The second-order valence-electron chi connectivity index (χ2n) is 3.75. The first-order valence-corrected chi connectivity index (χ1v) is 5.29. The van der Waals surface area contributed by atoms with E-state index in [0.29, 0.717) is 6.61 Å². The SMILES string of the molecule is CCCOC1N=CC(C(F)(F)F)=CC1(C)Cl. The quantitative estimate of drug-likeness (QED) is 0.709. The van der Waals surface area contributed by atoms with Gasteiger partial charge in [-0.15, -0.1) is 11.6 Å². The van der Waals surface area contributed by atoms with Crippen molar-refractivity contribution in [1.29, 1.82) is 0 Å². The Morgan fingerprint density at radius 2 is 2.19 bits per heavy atom. The van der Waals surface area contributed by atoms with Gasteiger partial charge in [-0.3, -0.25) is 4.99 Å². The highest BCUT2D eigenvalue weighted by molar-refractivity contribution is 6.26. The molecule has 2 unspecified atom stereocenters. The van der Waals surface area contributed by atoms with E-state index in [9.17, 15) is 13.2 Å². The Balaban J connectivity index is 2.81. The lowest BCUT2D eigenvalue weighted by atomic mass is 10.0. The van der Waals surface area contributed by atoms with Crippen LogP contribution in [0.15, 0.2) is 16.6 Å². The largest absolute Gasteiger partial charge is 0.417 e. The molecular formula is C10H13ClF3NO. The third-order valence-corrected chi connectivity index (χ3v) is 2.37. The second kappa shape index (κ2) is 4.75. The van der Waals surface area contributed by atoms with Gasteiger partial charge < -0.3 is 4.74 Å². The summed E-state index contributed by atoms with van der Waals surface area (Å²) in [5.74, 6) is 0. The zero-order valence-corrected chi connectivity index (χ0v) is 9.77. The molecule has 0 saturated heterocycles. The number of rotatable bonds is 3. The van der Waals surface area contributed by atoms with Crippen molar-refractivity contribution in [3.05, 3.63) is 11.6 Å². The maximum Gasteiger partial charge on any atom is 0.417 e. The Bertz CT molecular complexity index is 310. The highest BCUT2D eigenvalue weighted by Crippen LogP contribution is 2.34. The lowest BCUT2D eigenvalue weighted by Crippen LogP contribution is -2.37. The first-order chi connectivity index (χ1) is 7.27. The molecular weight excluding hydrogens is 243 g/mol. The maximum atomic E-state index is 12.4. The highest BCUT2D eigenvalue weighted by Gasteiger charge is 2.41. The molecule has 0 spiro atoms. The van der Waals surface area contributed by atoms with Gasteiger partial charge in [0, 0.05) is 12.8 Å². The van der Waals surface area contributed by atoms with Crippen LogP contribution in [0.3, 0.4) is 0 Å². The van der Waals surface area contributed by atoms with Crippen LogP contribution in [0.5, 0.6) is 0 Å². The Labute approximate surface area is 97.1 Å². The average molecular weight is 256 g/mol. The molecule has 1 rings (SSSR count). The number of alkyl halides is 4. The first-order valence-electron chi connectivity index (χ1n) is 4.91. The predicted octanol–water partition coefficient (Wildman–Crippen LogP) is 3.31. The van der Waals surface area contributed by atoms with Crippen molar-refractivity contribution in [3.8, 4) is 0 Å². The molecule has 0 aromatic rings. The lowest BCUT2D eigenvalue weighted by molar-refractivity contribution is -0.0870. The van der Waals surface area contributed by atoms with E-state index in [1.807, 2.05) is 6.92 Å². The molecule has 1 heterocycles. The monoisotopic (exact) mass is 255 g/mol. The van der Waals surface area contributed by atoms with Gasteiger partial charge in [0.1, 0.15) is 4.87 Å². The number of hydrogen-bond donors (Lipinski definition) is 0. The van der Waals surface area contributed by atoms with Gasteiger partial charge in [0.05, 0.1) is 5.57 Å². The zero-order chi connectivity index (χ0) is 12.4. The van der Waals surface area contributed by atoms with Crippen LogP contribution in [0.2, 0.25) is 0 Å². The summed E-state index contributed by atoms with van der Waals surface area (Å²) in [4.78, 5) is 2.44. The Hall–Kier alpha value is -0.550. The number of nitrogens with zero attached hydrogens (tertiary/aromatic N) is 1. The summed E-state index contributed by atoms with van der Waals surface area (Å²) in [6.45, 7) is 3.77. The Kier molecular flexibility index (Phi) is 4.02. The van der Waals surface area contributed by atoms with Crippen molar-refractivity contribution in [3.63, 3.8) is 0 Å². The smallest absolute Gasteiger partial charge is 0.354 e. The van der Waals surface area contributed by atoms with Gasteiger partial charge in [-0.2, -0.15) is 13.2 Å². The van der Waals surface area contributed by atoms with Gasteiger partial charge in [0.15, 0.2) is 6.23 Å². The van der Waals surface area contributed by atoms with Crippen molar-refractivity contribution >= 4 is 17.8 Å². The summed E-state index contributed by atoms with van der Waals surface area (Å²) in [5, 5.41) is 0. The fourth-order valence-corrected chi connectivity index (χ4v) is 1.53. The summed E-state index contributed by atoms with van der Waals surface area (Å²) in [6, 6.07) is 0. The van der Waals surface area contributed by atoms with Gasteiger partial charge in [0.25, 0.3) is 0 Å². The summed E-state index contributed by atoms with van der Waals surface area (Å²) < 4.78 is 42.5. The molecule has 2 atom stereocenters. The molecule has 0 aromatic carbocycles. The van der Waals surface area contributed by atoms with E-state index in [1.54, 1.807) is 0 Å².